The Hall–Kier alpha value is -1.67. The fourth-order valence-electron chi connectivity index (χ4n) is 2.69. The molecule has 1 N–H and O–H groups in total. The molecule has 1 aromatic carbocycles. The second-order valence-electron chi connectivity index (χ2n) is 7.22. The summed E-state index contributed by atoms with van der Waals surface area (Å²) >= 11 is 4.64. The van der Waals surface area contributed by atoms with E-state index in [1.54, 1.807) is 10.6 Å². The van der Waals surface area contributed by atoms with Crippen LogP contribution < -0.4 is 10.9 Å². The van der Waals surface area contributed by atoms with Gasteiger partial charge in [-0.05, 0) is 18.2 Å². The summed E-state index contributed by atoms with van der Waals surface area (Å²) in [6, 6.07) is 5.69. The highest BCUT2D eigenvalue weighted by molar-refractivity contribution is 9.10. The highest BCUT2D eigenvalue weighted by atomic mass is 79.9. The first kappa shape index (κ1) is 19.1. The van der Waals surface area contributed by atoms with Crippen LogP contribution in [0.25, 0.3) is 0 Å². The van der Waals surface area contributed by atoms with E-state index < -0.39 is 5.82 Å². The Labute approximate surface area is 163 Å². The topological polar surface area (TPSA) is 64.0 Å². The van der Waals surface area contributed by atoms with Crippen LogP contribution in [0.1, 0.15) is 38.9 Å². The molecule has 1 aliphatic heterocycles. The van der Waals surface area contributed by atoms with Gasteiger partial charge in [0, 0.05) is 28.1 Å². The number of hydrogen-bond acceptors (Lipinski definition) is 4. The fraction of sp³-hybridized carbons (Fsp3) is 0.389. The van der Waals surface area contributed by atoms with Gasteiger partial charge in [0.15, 0.2) is 5.16 Å². The van der Waals surface area contributed by atoms with Crippen LogP contribution in [-0.2, 0) is 10.2 Å². The minimum atomic E-state index is -0.512. The van der Waals surface area contributed by atoms with E-state index in [1.165, 1.54) is 30.0 Å². The Bertz CT molecular complexity index is 924. The molecular weight excluding hydrogens is 421 g/mol. The molecule has 3 rings (SSSR count). The molecule has 0 fully saturated rings. The summed E-state index contributed by atoms with van der Waals surface area (Å²) < 4.78 is 16.0. The standard InChI is InChI=1S/C18H19BrFN3O2S/c1-18(2,3)14-8-16(25)23-11(9-26-17(23)22-14)7-15(24)21-13-5-4-10(19)6-12(13)20/h4-6,8,11H,7,9H2,1-3H3,(H,21,24). The number of aromatic nitrogens is 2. The summed E-state index contributed by atoms with van der Waals surface area (Å²) in [7, 11) is 0. The molecule has 0 radical (unpaired) electrons. The van der Waals surface area contributed by atoms with Gasteiger partial charge >= 0.3 is 0 Å². The number of halogens is 2. The van der Waals surface area contributed by atoms with Crippen molar-refractivity contribution in [1.82, 2.24) is 9.55 Å². The summed E-state index contributed by atoms with van der Waals surface area (Å²) in [6.07, 6.45) is 0.0892. The molecular formula is C18H19BrFN3O2S. The average molecular weight is 440 g/mol. The van der Waals surface area contributed by atoms with Crippen molar-refractivity contribution in [2.24, 2.45) is 0 Å². The lowest BCUT2D eigenvalue weighted by Gasteiger charge is -2.19. The lowest BCUT2D eigenvalue weighted by Crippen LogP contribution is -2.29. The predicted molar refractivity (Wildman–Crippen MR) is 104 cm³/mol. The zero-order valence-electron chi connectivity index (χ0n) is 14.7. The Morgan fingerprint density at radius 1 is 1.42 bits per heavy atom. The number of carbonyl (C=O) groups is 1. The number of carbonyl (C=O) groups excluding carboxylic acids is 1. The molecule has 2 heterocycles. The number of rotatable bonds is 3. The fourth-order valence-corrected chi connectivity index (χ4v) is 4.18. The van der Waals surface area contributed by atoms with Crippen molar-refractivity contribution in [3.63, 3.8) is 0 Å². The van der Waals surface area contributed by atoms with Crippen LogP contribution in [-0.4, -0.2) is 21.2 Å². The Balaban J connectivity index is 1.77. The zero-order valence-corrected chi connectivity index (χ0v) is 17.1. The molecule has 1 atom stereocenters. The highest BCUT2D eigenvalue weighted by Crippen LogP contribution is 2.33. The SMILES string of the molecule is CC(C)(C)c1cc(=O)n2c(n1)SCC2CC(=O)Nc1ccc(Br)cc1F. The summed E-state index contributed by atoms with van der Waals surface area (Å²) in [4.78, 5) is 29.4. The van der Waals surface area contributed by atoms with Gasteiger partial charge in [-0.15, -0.1) is 0 Å². The van der Waals surface area contributed by atoms with Crippen molar-refractivity contribution < 1.29 is 9.18 Å². The minimum Gasteiger partial charge on any atom is -0.324 e. The molecule has 0 saturated heterocycles. The third kappa shape index (κ3) is 4.01. The lowest BCUT2D eigenvalue weighted by atomic mass is 9.92. The van der Waals surface area contributed by atoms with E-state index >= 15 is 0 Å². The van der Waals surface area contributed by atoms with Crippen molar-refractivity contribution in [2.75, 3.05) is 11.1 Å². The van der Waals surface area contributed by atoms with Gasteiger partial charge in [0.1, 0.15) is 5.82 Å². The Morgan fingerprint density at radius 3 is 2.81 bits per heavy atom. The van der Waals surface area contributed by atoms with Crippen LogP contribution in [0.15, 0.2) is 38.7 Å². The van der Waals surface area contributed by atoms with Crippen LogP contribution >= 0.6 is 27.7 Å². The molecule has 0 bridgehead atoms. The van der Waals surface area contributed by atoms with Crippen LogP contribution in [0.4, 0.5) is 10.1 Å². The molecule has 138 valence electrons. The molecule has 8 heteroatoms. The monoisotopic (exact) mass is 439 g/mol. The molecule has 0 saturated carbocycles. The van der Waals surface area contributed by atoms with Gasteiger partial charge in [-0.2, -0.15) is 0 Å². The van der Waals surface area contributed by atoms with Crippen molar-refractivity contribution in [3.8, 4) is 0 Å². The highest BCUT2D eigenvalue weighted by Gasteiger charge is 2.29. The Morgan fingerprint density at radius 2 is 2.15 bits per heavy atom. The molecule has 0 spiro atoms. The van der Waals surface area contributed by atoms with Gasteiger partial charge < -0.3 is 5.32 Å². The molecule has 1 unspecified atom stereocenters. The number of thioether (sulfide) groups is 1. The molecule has 5 nitrogen and oxygen atoms in total. The smallest absolute Gasteiger partial charge is 0.254 e. The summed E-state index contributed by atoms with van der Waals surface area (Å²) in [6.45, 7) is 6.01. The third-order valence-electron chi connectivity index (χ3n) is 4.08. The van der Waals surface area contributed by atoms with Gasteiger partial charge in [-0.3, -0.25) is 14.2 Å². The van der Waals surface area contributed by atoms with Crippen molar-refractivity contribution in [2.45, 2.75) is 43.8 Å². The summed E-state index contributed by atoms with van der Waals surface area (Å²) in [5, 5.41) is 3.20. The van der Waals surface area contributed by atoms with E-state index in [4.69, 9.17) is 0 Å². The van der Waals surface area contributed by atoms with Crippen LogP contribution in [0.5, 0.6) is 0 Å². The second-order valence-corrected chi connectivity index (χ2v) is 9.13. The predicted octanol–water partition coefficient (Wildman–Crippen LogP) is 4.12. The first-order chi connectivity index (χ1) is 12.1. The second kappa shape index (κ2) is 7.15. The largest absolute Gasteiger partial charge is 0.324 e. The van der Waals surface area contributed by atoms with E-state index in [1.807, 2.05) is 20.8 Å². The Kier molecular flexibility index (Phi) is 5.25. The lowest BCUT2D eigenvalue weighted by molar-refractivity contribution is -0.116. The van der Waals surface area contributed by atoms with Gasteiger partial charge in [0.25, 0.3) is 5.56 Å². The molecule has 1 aromatic heterocycles. The minimum absolute atomic E-state index is 0.0892. The summed E-state index contributed by atoms with van der Waals surface area (Å²) in [5.74, 6) is -0.259. The first-order valence-electron chi connectivity index (χ1n) is 8.17. The van der Waals surface area contributed by atoms with E-state index in [0.29, 0.717) is 15.4 Å². The van der Waals surface area contributed by atoms with E-state index in [-0.39, 0.29) is 35.0 Å². The average Bonchev–Trinajstić information content (AvgIpc) is 2.92. The number of fused-ring (bicyclic) bond motifs is 1. The van der Waals surface area contributed by atoms with E-state index in [2.05, 4.69) is 26.2 Å². The number of hydrogen-bond donors (Lipinski definition) is 1. The van der Waals surface area contributed by atoms with Crippen LogP contribution in [0, 0.1) is 5.82 Å². The zero-order chi connectivity index (χ0) is 19.1. The van der Waals surface area contributed by atoms with Crippen molar-refractivity contribution in [1.29, 1.82) is 0 Å². The first-order valence-corrected chi connectivity index (χ1v) is 9.95. The van der Waals surface area contributed by atoms with Gasteiger partial charge in [0.05, 0.1) is 17.4 Å². The quantitative estimate of drug-likeness (QED) is 0.730. The van der Waals surface area contributed by atoms with Crippen molar-refractivity contribution in [3.05, 3.63) is 50.6 Å². The number of benzene rings is 1. The van der Waals surface area contributed by atoms with Crippen LogP contribution in [0.2, 0.25) is 0 Å². The number of nitrogens with one attached hydrogen (secondary N) is 1. The molecule has 1 aliphatic rings. The van der Waals surface area contributed by atoms with Crippen molar-refractivity contribution >= 4 is 39.3 Å². The normalized spacial score (nSPS) is 16.4. The third-order valence-corrected chi connectivity index (χ3v) is 5.68. The molecule has 26 heavy (non-hydrogen) atoms. The van der Waals surface area contributed by atoms with Crippen LogP contribution in [0.3, 0.4) is 0 Å². The van der Waals surface area contributed by atoms with Gasteiger partial charge in [-0.25, -0.2) is 9.37 Å². The maximum atomic E-state index is 13.9. The van der Waals surface area contributed by atoms with Gasteiger partial charge in [0.2, 0.25) is 5.91 Å². The molecule has 1 amide bonds. The number of anilines is 1. The molecule has 2 aromatic rings. The number of amides is 1. The maximum absolute atomic E-state index is 13.9. The summed E-state index contributed by atoms with van der Waals surface area (Å²) in [5.41, 5.74) is 0.489. The number of nitrogens with zero attached hydrogens (tertiary/aromatic N) is 2. The van der Waals surface area contributed by atoms with E-state index in [9.17, 15) is 14.0 Å². The maximum Gasteiger partial charge on any atom is 0.254 e. The van der Waals surface area contributed by atoms with Gasteiger partial charge in [-0.1, -0.05) is 48.5 Å². The van der Waals surface area contributed by atoms with E-state index in [0.717, 1.165) is 5.69 Å². The molecule has 0 aliphatic carbocycles.